The molecule has 1 aliphatic heterocycles. The highest BCUT2D eigenvalue weighted by atomic mass is 32.2. The molecule has 1 saturated heterocycles. The molecule has 3 aromatic rings. The fourth-order valence-corrected chi connectivity index (χ4v) is 5.40. The molecule has 4 rings (SSSR count). The highest BCUT2D eigenvalue weighted by Gasteiger charge is 2.28. The van der Waals surface area contributed by atoms with Crippen LogP contribution in [0.4, 0.5) is 5.69 Å². The zero-order valence-corrected chi connectivity index (χ0v) is 18.0. The first-order valence-electron chi connectivity index (χ1n) is 10.2. The summed E-state index contributed by atoms with van der Waals surface area (Å²) in [5.74, 6) is -0.0604. The number of aromatic nitrogens is 2. The van der Waals surface area contributed by atoms with Crippen LogP contribution in [0.3, 0.4) is 0 Å². The van der Waals surface area contributed by atoms with Crippen LogP contribution in [-0.4, -0.2) is 41.3 Å². The number of piperidine rings is 1. The van der Waals surface area contributed by atoms with E-state index in [9.17, 15) is 18.0 Å². The zero-order chi connectivity index (χ0) is 22.0. The summed E-state index contributed by atoms with van der Waals surface area (Å²) in [7, 11) is -3.55. The summed E-state index contributed by atoms with van der Waals surface area (Å²) in [6, 6.07) is 13.0. The van der Waals surface area contributed by atoms with Gasteiger partial charge in [0.25, 0.3) is 5.56 Å². The lowest BCUT2D eigenvalue weighted by Gasteiger charge is -2.30. The van der Waals surface area contributed by atoms with E-state index in [4.69, 9.17) is 0 Å². The number of rotatable bonds is 5. The van der Waals surface area contributed by atoms with E-state index < -0.39 is 15.9 Å². The van der Waals surface area contributed by atoms with Crippen LogP contribution in [0.25, 0.3) is 10.9 Å². The number of carbonyl (C=O) groups excluding carboxylic acids is 1. The molecule has 0 aliphatic carbocycles. The minimum Gasteiger partial charge on any atom is -0.325 e. The number of sulfonamides is 1. The van der Waals surface area contributed by atoms with E-state index in [-0.39, 0.29) is 17.0 Å². The Hall–Kier alpha value is -3.04. The Bertz CT molecular complexity index is 1270. The van der Waals surface area contributed by atoms with Crippen LogP contribution in [0.2, 0.25) is 0 Å². The molecular formula is C22H24N4O4S. The van der Waals surface area contributed by atoms with Crippen molar-refractivity contribution >= 4 is 32.5 Å². The van der Waals surface area contributed by atoms with Crippen molar-refractivity contribution in [3.63, 3.8) is 0 Å². The largest absolute Gasteiger partial charge is 0.325 e. The lowest BCUT2D eigenvalue weighted by atomic mass is 10.0. The predicted octanol–water partition coefficient (Wildman–Crippen LogP) is 2.46. The molecule has 31 heavy (non-hydrogen) atoms. The average molecular weight is 441 g/mol. The van der Waals surface area contributed by atoms with Crippen molar-refractivity contribution in [2.45, 2.75) is 31.2 Å². The molecule has 0 spiro atoms. The van der Waals surface area contributed by atoms with Crippen LogP contribution in [0.5, 0.6) is 0 Å². The van der Waals surface area contributed by atoms with Gasteiger partial charge in [0.15, 0.2) is 0 Å². The summed E-state index contributed by atoms with van der Waals surface area (Å²) < 4.78 is 28.5. The maximum atomic E-state index is 12.8. The molecule has 1 atom stereocenters. The van der Waals surface area contributed by atoms with Crippen LogP contribution in [0, 0.1) is 5.92 Å². The van der Waals surface area contributed by atoms with Crippen molar-refractivity contribution in [3.8, 4) is 0 Å². The molecule has 1 aliphatic rings. The maximum Gasteiger partial charge on any atom is 0.261 e. The van der Waals surface area contributed by atoms with Crippen molar-refractivity contribution in [1.82, 2.24) is 13.9 Å². The van der Waals surface area contributed by atoms with Gasteiger partial charge in [-0.1, -0.05) is 19.1 Å². The average Bonchev–Trinajstić information content (AvgIpc) is 2.76. The van der Waals surface area contributed by atoms with Crippen molar-refractivity contribution in [2.24, 2.45) is 5.92 Å². The fraction of sp³-hybridized carbons (Fsp3) is 0.318. The Morgan fingerprint density at radius 1 is 1.16 bits per heavy atom. The van der Waals surface area contributed by atoms with Gasteiger partial charge in [-0.05, 0) is 55.2 Å². The molecule has 1 fully saturated rings. The predicted molar refractivity (Wildman–Crippen MR) is 118 cm³/mol. The third kappa shape index (κ3) is 4.52. The molecule has 0 unspecified atom stereocenters. The molecule has 0 bridgehead atoms. The number of benzene rings is 2. The lowest BCUT2D eigenvalue weighted by molar-refractivity contribution is -0.116. The van der Waals surface area contributed by atoms with Gasteiger partial charge in [-0.2, -0.15) is 4.31 Å². The van der Waals surface area contributed by atoms with E-state index in [2.05, 4.69) is 17.2 Å². The number of anilines is 1. The second-order valence-electron chi connectivity index (χ2n) is 7.88. The molecule has 1 aromatic heterocycles. The molecule has 162 valence electrons. The highest BCUT2D eigenvalue weighted by molar-refractivity contribution is 7.89. The van der Waals surface area contributed by atoms with Gasteiger partial charge in [0, 0.05) is 18.8 Å². The minimum absolute atomic E-state index is 0.192. The van der Waals surface area contributed by atoms with Gasteiger partial charge in [0.05, 0.1) is 22.1 Å². The molecule has 8 nitrogen and oxygen atoms in total. The number of nitrogens with one attached hydrogen (secondary N) is 1. The zero-order valence-electron chi connectivity index (χ0n) is 17.2. The number of hydrogen-bond donors (Lipinski definition) is 1. The van der Waals surface area contributed by atoms with E-state index in [1.54, 1.807) is 36.4 Å². The molecule has 1 amide bonds. The number of nitrogens with zero attached hydrogens (tertiary/aromatic N) is 3. The van der Waals surface area contributed by atoms with Gasteiger partial charge < -0.3 is 5.32 Å². The third-order valence-electron chi connectivity index (χ3n) is 5.44. The number of fused-ring (bicyclic) bond motifs is 1. The summed E-state index contributed by atoms with van der Waals surface area (Å²) in [4.78, 5) is 29.3. The smallest absolute Gasteiger partial charge is 0.261 e. The quantitative estimate of drug-likeness (QED) is 0.657. The molecule has 2 aromatic carbocycles. The van der Waals surface area contributed by atoms with Crippen molar-refractivity contribution < 1.29 is 13.2 Å². The fourth-order valence-electron chi connectivity index (χ4n) is 3.80. The van der Waals surface area contributed by atoms with Crippen LogP contribution in [-0.2, 0) is 21.4 Å². The van der Waals surface area contributed by atoms with Crippen LogP contribution in [0.1, 0.15) is 19.8 Å². The van der Waals surface area contributed by atoms with Gasteiger partial charge >= 0.3 is 0 Å². The van der Waals surface area contributed by atoms with E-state index in [0.29, 0.717) is 35.6 Å². The molecule has 0 saturated carbocycles. The summed E-state index contributed by atoms with van der Waals surface area (Å²) in [5.41, 5.74) is 0.736. The topological polar surface area (TPSA) is 101 Å². The normalized spacial score (nSPS) is 17.5. The number of carbonyl (C=O) groups is 1. The Morgan fingerprint density at radius 2 is 1.90 bits per heavy atom. The highest BCUT2D eigenvalue weighted by Crippen LogP contribution is 2.24. The molecule has 2 heterocycles. The molecule has 0 radical (unpaired) electrons. The van der Waals surface area contributed by atoms with E-state index in [1.165, 1.54) is 27.3 Å². The van der Waals surface area contributed by atoms with E-state index >= 15 is 0 Å². The van der Waals surface area contributed by atoms with Crippen LogP contribution in [0.15, 0.2) is 64.5 Å². The van der Waals surface area contributed by atoms with Crippen LogP contribution < -0.4 is 10.9 Å². The van der Waals surface area contributed by atoms with Crippen molar-refractivity contribution in [3.05, 3.63) is 65.2 Å². The molecule has 1 N–H and O–H groups in total. The lowest BCUT2D eigenvalue weighted by Crippen LogP contribution is -2.39. The third-order valence-corrected chi connectivity index (χ3v) is 7.32. The Balaban J connectivity index is 1.45. The van der Waals surface area contributed by atoms with Crippen molar-refractivity contribution in [1.29, 1.82) is 0 Å². The Labute approximate surface area is 180 Å². The Kier molecular flexibility index (Phi) is 5.88. The van der Waals surface area contributed by atoms with E-state index in [0.717, 1.165) is 12.8 Å². The van der Waals surface area contributed by atoms with Crippen LogP contribution >= 0.6 is 0 Å². The van der Waals surface area contributed by atoms with Gasteiger partial charge in [-0.25, -0.2) is 13.4 Å². The Morgan fingerprint density at radius 3 is 2.65 bits per heavy atom. The first-order valence-corrected chi connectivity index (χ1v) is 11.6. The number of para-hydroxylation sites is 1. The van der Waals surface area contributed by atoms with Gasteiger partial charge in [-0.15, -0.1) is 0 Å². The standard InChI is InChI=1S/C22H24N4O4S/c1-16-5-4-12-26(13-16)31(29,30)18-10-8-17(9-11-18)24-21(27)14-25-15-23-20-7-3-2-6-19(20)22(25)28/h2-3,6-11,15-16H,4-5,12-14H2,1H3,(H,24,27)/t16-/m0/s1. The first-order chi connectivity index (χ1) is 14.8. The van der Waals surface area contributed by atoms with E-state index in [1.807, 2.05) is 0 Å². The second-order valence-corrected chi connectivity index (χ2v) is 9.82. The molecular weight excluding hydrogens is 416 g/mol. The van der Waals surface area contributed by atoms with Crippen molar-refractivity contribution in [2.75, 3.05) is 18.4 Å². The van der Waals surface area contributed by atoms with Gasteiger partial charge in [0.2, 0.25) is 15.9 Å². The second kappa shape index (κ2) is 8.60. The number of hydrogen-bond acceptors (Lipinski definition) is 5. The minimum atomic E-state index is -3.55. The summed E-state index contributed by atoms with van der Waals surface area (Å²) in [6.07, 6.45) is 3.24. The maximum absolute atomic E-state index is 12.8. The monoisotopic (exact) mass is 440 g/mol. The number of amides is 1. The summed E-state index contributed by atoms with van der Waals surface area (Å²) >= 11 is 0. The van der Waals surface area contributed by atoms with Gasteiger partial charge in [-0.3, -0.25) is 14.2 Å². The summed E-state index contributed by atoms with van der Waals surface area (Å²) in [5, 5.41) is 3.14. The van der Waals surface area contributed by atoms with Gasteiger partial charge in [0.1, 0.15) is 6.54 Å². The summed E-state index contributed by atoms with van der Waals surface area (Å²) in [6.45, 7) is 2.91. The molecule has 9 heteroatoms. The first kappa shape index (κ1) is 21.2. The SMILES string of the molecule is C[C@H]1CCCN(S(=O)(=O)c2ccc(NC(=O)Cn3cnc4ccccc4c3=O)cc2)C1.